The van der Waals surface area contributed by atoms with Crippen molar-refractivity contribution in [2.24, 2.45) is 0 Å². The number of hydrogen-bond donors (Lipinski definition) is 6. The maximum atomic E-state index is 11.3. The summed E-state index contributed by atoms with van der Waals surface area (Å²) >= 11 is 6.43. The van der Waals surface area contributed by atoms with Crippen LogP contribution in [0.25, 0.3) is 10.8 Å². The lowest BCUT2D eigenvalue weighted by Gasteiger charge is -2.12. The van der Waals surface area contributed by atoms with E-state index >= 15 is 0 Å². The van der Waals surface area contributed by atoms with Crippen molar-refractivity contribution in [2.45, 2.75) is 23.1 Å². The van der Waals surface area contributed by atoms with E-state index in [0.717, 1.165) is 31.2 Å². The molecule has 0 bridgehead atoms. The van der Waals surface area contributed by atoms with Gasteiger partial charge in [-0.05, 0) is 23.6 Å². The molecule has 2 amide bonds. The second-order valence-electron chi connectivity index (χ2n) is 7.04. The number of amides is 2. The first-order valence-corrected chi connectivity index (χ1v) is 13.9. The topological polar surface area (TPSA) is 237 Å². The van der Waals surface area contributed by atoms with Crippen molar-refractivity contribution >= 4 is 82.5 Å². The monoisotopic (exact) mass is 595 g/mol. The summed E-state index contributed by atoms with van der Waals surface area (Å²) in [5.41, 5.74) is 0.273. The Kier molecular flexibility index (Phi) is 9.53. The van der Waals surface area contributed by atoms with E-state index in [1.165, 1.54) is 11.3 Å². The van der Waals surface area contributed by atoms with Crippen LogP contribution in [0.4, 0.5) is 10.8 Å². The number of aliphatic carboxylic acids is 1. The standard InChI is InChI=1S/C12H11NO8S2.C7H7ClN2O3S/c1-6(14)13-10-4-8(22(16,17)18)2-7-3-9(23(19,20)21)5-11(15)12(7)10;8-2-5(11)10-7-9-4(3-14-7)1-6(12)13/h2-5,15H,1H3,(H,13,14)(H,16,17,18)(H,19,20,21);3H,1-2H2,(H,12,13)(H,9,10,11). The predicted octanol–water partition coefficient (Wildman–Crippen LogP) is 1.94. The first-order valence-electron chi connectivity index (χ1n) is 9.56. The third kappa shape index (κ3) is 8.62. The van der Waals surface area contributed by atoms with Gasteiger partial charge in [0.1, 0.15) is 11.6 Å². The highest BCUT2D eigenvalue weighted by atomic mass is 35.5. The molecule has 0 spiro atoms. The molecule has 2 aromatic carbocycles. The Balaban J connectivity index is 0.000000294. The van der Waals surface area contributed by atoms with Crippen LogP contribution in [0.5, 0.6) is 5.75 Å². The van der Waals surface area contributed by atoms with E-state index in [0.29, 0.717) is 10.8 Å². The molecule has 0 saturated carbocycles. The normalized spacial score (nSPS) is 11.4. The fourth-order valence-electron chi connectivity index (χ4n) is 2.78. The number of carboxylic acid groups (broad SMARTS) is 1. The van der Waals surface area contributed by atoms with Gasteiger partial charge >= 0.3 is 5.97 Å². The molecule has 0 radical (unpaired) electrons. The van der Waals surface area contributed by atoms with E-state index in [9.17, 15) is 36.3 Å². The molecule has 200 valence electrons. The highest BCUT2D eigenvalue weighted by Crippen LogP contribution is 2.36. The van der Waals surface area contributed by atoms with Crippen molar-refractivity contribution in [2.75, 3.05) is 16.5 Å². The van der Waals surface area contributed by atoms with Crippen LogP contribution < -0.4 is 10.6 Å². The van der Waals surface area contributed by atoms with Crippen LogP contribution in [0.3, 0.4) is 0 Å². The fourth-order valence-corrected chi connectivity index (χ4v) is 4.65. The molecule has 14 nitrogen and oxygen atoms in total. The number of anilines is 2. The molecule has 18 heteroatoms. The van der Waals surface area contributed by atoms with Gasteiger partial charge in [0.15, 0.2) is 5.13 Å². The zero-order valence-electron chi connectivity index (χ0n) is 18.5. The average molecular weight is 596 g/mol. The summed E-state index contributed by atoms with van der Waals surface area (Å²) in [5.74, 6) is -2.65. The summed E-state index contributed by atoms with van der Waals surface area (Å²) in [6.45, 7) is 1.13. The number of carbonyl (C=O) groups excluding carboxylic acids is 2. The summed E-state index contributed by atoms with van der Waals surface area (Å²) in [7, 11) is -9.32. The number of alkyl halides is 1. The first kappa shape index (κ1) is 29.9. The molecule has 37 heavy (non-hydrogen) atoms. The van der Waals surface area contributed by atoms with Crippen LogP contribution in [0.15, 0.2) is 39.4 Å². The van der Waals surface area contributed by atoms with Crippen molar-refractivity contribution in [3.63, 3.8) is 0 Å². The van der Waals surface area contributed by atoms with E-state index in [4.69, 9.17) is 25.8 Å². The fraction of sp³-hybridized carbons (Fsp3) is 0.158. The number of hydrogen-bond acceptors (Lipinski definition) is 10. The van der Waals surface area contributed by atoms with Crippen LogP contribution in [0, 0.1) is 0 Å². The molecule has 0 unspecified atom stereocenters. The Morgan fingerprint density at radius 2 is 1.57 bits per heavy atom. The van der Waals surface area contributed by atoms with Crippen molar-refractivity contribution < 1.29 is 50.5 Å². The van der Waals surface area contributed by atoms with Gasteiger partial charge < -0.3 is 20.8 Å². The SMILES string of the molecule is CC(=O)Nc1cc(S(=O)(=O)O)cc2cc(S(=O)(=O)O)cc(O)c12.O=C(O)Cc1csc(NC(=O)CCl)n1. The molecule has 0 saturated heterocycles. The first-order chi connectivity index (χ1) is 17.0. The van der Waals surface area contributed by atoms with Gasteiger partial charge in [-0.25, -0.2) is 4.98 Å². The summed E-state index contributed by atoms with van der Waals surface area (Å²) in [5, 5.41) is 24.9. The Hall–Kier alpha value is -3.35. The van der Waals surface area contributed by atoms with Gasteiger partial charge in [0.05, 0.1) is 27.6 Å². The molecule has 0 aliphatic carbocycles. The minimum atomic E-state index is -4.66. The Labute approximate surface area is 218 Å². The van der Waals surface area contributed by atoms with Gasteiger partial charge in [-0.2, -0.15) is 16.8 Å². The van der Waals surface area contributed by atoms with Gasteiger partial charge in [-0.3, -0.25) is 23.5 Å². The Bertz CT molecular complexity index is 1580. The van der Waals surface area contributed by atoms with Crippen molar-refractivity contribution in [3.8, 4) is 5.75 Å². The molecule has 1 heterocycles. The second-order valence-corrected chi connectivity index (χ2v) is 11.0. The summed E-state index contributed by atoms with van der Waals surface area (Å²) in [4.78, 5) is 34.9. The molecule has 3 rings (SSSR count). The number of phenols is 1. The van der Waals surface area contributed by atoms with Gasteiger partial charge in [0.25, 0.3) is 20.2 Å². The van der Waals surface area contributed by atoms with Crippen LogP contribution in [-0.4, -0.2) is 64.8 Å². The van der Waals surface area contributed by atoms with E-state index in [1.54, 1.807) is 5.38 Å². The van der Waals surface area contributed by atoms with E-state index in [2.05, 4.69) is 15.6 Å². The highest BCUT2D eigenvalue weighted by Gasteiger charge is 2.20. The largest absolute Gasteiger partial charge is 0.507 e. The van der Waals surface area contributed by atoms with E-state index in [-0.39, 0.29) is 34.7 Å². The number of carbonyl (C=O) groups is 3. The van der Waals surface area contributed by atoms with Gasteiger partial charge in [-0.1, -0.05) is 0 Å². The van der Waals surface area contributed by atoms with Crippen LogP contribution in [0.1, 0.15) is 12.6 Å². The van der Waals surface area contributed by atoms with Crippen LogP contribution >= 0.6 is 22.9 Å². The van der Waals surface area contributed by atoms with E-state index in [1.807, 2.05) is 0 Å². The Morgan fingerprint density at radius 1 is 1.00 bits per heavy atom. The molecule has 0 aliphatic heterocycles. The number of carboxylic acids is 1. The van der Waals surface area contributed by atoms with Gasteiger partial charge in [0.2, 0.25) is 11.8 Å². The molecule has 6 N–H and O–H groups in total. The molecular weight excluding hydrogens is 578 g/mol. The maximum absolute atomic E-state index is 11.3. The maximum Gasteiger partial charge on any atom is 0.309 e. The number of fused-ring (bicyclic) bond motifs is 1. The van der Waals surface area contributed by atoms with Crippen molar-refractivity contribution in [1.82, 2.24) is 4.98 Å². The number of thiazole rings is 1. The average Bonchev–Trinajstić information content (AvgIpc) is 3.17. The molecule has 0 atom stereocenters. The second kappa shape index (κ2) is 11.8. The van der Waals surface area contributed by atoms with Crippen LogP contribution in [-0.2, 0) is 41.0 Å². The molecule has 3 aromatic rings. The smallest absolute Gasteiger partial charge is 0.309 e. The zero-order valence-corrected chi connectivity index (χ0v) is 21.7. The predicted molar refractivity (Wildman–Crippen MR) is 132 cm³/mol. The quantitative estimate of drug-likeness (QED) is 0.170. The highest BCUT2D eigenvalue weighted by molar-refractivity contribution is 7.86. The summed E-state index contributed by atoms with van der Waals surface area (Å²) in [6.07, 6.45) is -0.146. The number of aromatic hydroxyl groups is 1. The molecule has 0 aliphatic rings. The number of nitrogens with zero attached hydrogens (tertiary/aromatic N) is 1. The number of rotatable bonds is 7. The van der Waals surface area contributed by atoms with Crippen molar-refractivity contribution in [1.29, 1.82) is 0 Å². The minimum Gasteiger partial charge on any atom is -0.507 e. The third-order valence-electron chi connectivity index (χ3n) is 4.13. The number of nitrogens with one attached hydrogen (secondary N) is 2. The lowest BCUT2D eigenvalue weighted by molar-refractivity contribution is -0.136. The van der Waals surface area contributed by atoms with Crippen molar-refractivity contribution in [3.05, 3.63) is 35.3 Å². The van der Waals surface area contributed by atoms with Crippen LogP contribution in [0.2, 0.25) is 0 Å². The lowest BCUT2D eigenvalue weighted by atomic mass is 10.1. The van der Waals surface area contributed by atoms with Gasteiger partial charge in [-0.15, -0.1) is 22.9 Å². The number of benzene rings is 2. The lowest BCUT2D eigenvalue weighted by Crippen LogP contribution is -2.12. The molecule has 0 fully saturated rings. The molecule has 1 aromatic heterocycles. The number of aromatic nitrogens is 1. The minimum absolute atomic E-state index is 0.0556. The van der Waals surface area contributed by atoms with E-state index < -0.39 is 47.7 Å². The Morgan fingerprint density at radius 3 is 2.05 bits per heavy atom. The molecular formula is C19H18ClN3O11S3. The third-order valence-corrected chi connectivity index (χ3v) is 6.85. The summed E-state index contributed by atoms with van der Waals surface area (Å²) in [6, 6.07) is 3.44. The summed E-state index contributed by atoms with van der Waals surface area (Å²) < 4.78 is 63.1. The number of phenolic OH excluding ortho intramolecular Hbond substituents is 1. The zero-order chi connectivity index (χ0) is 28.1. The number of halogens is 1. The van der Waals surface area contributed by atoms with Gasteiger partial charge in [0, 0.05) is 23.8 Å².